The van der Waals surface area contributed by atoms with Crippen molar-refractivity contribution < 1.29 is 23.7 Å². The van der Waals surface area contributed by atoms with Crippen LogP contribution in [-0.2, 0) is 12.2 Å². The summed E-state index contributed by atoms with van der Waals surface area (Å²) >= 11 is 1.63. The molecule has 0 atom stereocenters. The standard InChI is InChI=1S/C34H32N2O5S/c1-38-29-17-23-14-15-35-28(26(23)19-31(29)40-3)16-24-18-30(39-2)32(41-4)20-27(24)36-34(37)25-12-8-9-13-33(25)42-21-22-10-6-5-7-11-22/h5-15,17-20H,16,21H2,1-4H3,(H,36,37). The molecule has 42 heavy (non-hydrogen) atoms. The molecular weight excluding hydrogens is 548 g/mol. The summed E-state index contributed by atoms with van der Waals surface area (Å²) in [6, 6.07) is 27.3. The molecule has 7 nitrogen and oxygen atoms in total. The summed E-state index contributed by atoms with van der Waals surface area (Å²) in [7, 11) is 6.39. The van der Waals surface area contributed by atoms with Gasteiger partial charge in [-0.25, -0.2) is 0 Å². The zero-order chi connectivity index (χ0) is 29.5. The molecule has 8 heteroatoms. The summed E-state index contributed by atoms with van der Waals surface area (Å²) in [5, 5.41) is 5.03. The Kier molecular flexibility index (Phi) is 9.14. The number of methoxy groups -OCH3 is 4. The van der Waals surface area contributed by atoms with Crippen LogP contribution in [0.5, 0.6) is 23.0 Å². The van der Waals surface area contributed by atoms with Crippen molar-refractivity contribution in [1.82, 2.24) is 4.98 Å². The Hall–Kier alpha value is -4.69. The van der Waals surface area contributed by atoms with E-state index in [1.165, 1.54) is 5.56 Å². The number of aromatic nitrogens is 1. The van der Waals surface area contributed by atoms with Gasteiger partial charge in [-0.15, -0.1) is 11.8 Å². The number of rotatable bonds is 11. The summed E-state index contributed by atoms with van der Waals surface area (Å²) in [5.74, 6) is 2.88. The highest BCUT2D eigenvalue weighted by Gasteiger charge is 2.19. The van der Waals surface area contributed by atoms with Crippen LogP contribution in [0.4, 0.5) is 5.69 Å². The molecule has 0 saturated carbocycles. The first kappa shape index (κ1) is 28.8. The molecular formula is C34H32N2O5S. The van der Waals surface area contributed by atoms with Crippen LogP contribution in [0.15, 0.2) is 96.0 Å². The van der Waals surface area contributed by atoms with E-state index in [0.717, 1.165) is 32.7 Å². The Morgan fingerprint density at radius 3 is 2.14 bits per heavy atom. The van der Waals surface area contributed by atoms with Gasteiger partial charge in [0, 0.05) is 40.4 Å². The third kappa shape index (κ3) is 6.29. The molecule has 4 aromatic carbocycles. The average molecular weight is 581 g/mol. The van der Waals surface area contributed by atoms with E-state index in [1.807, 2.05) is 66.7 Å². The van der Waals surface area contributed by atoms with Gasteiger partial charge in [-0.3, -0.25) is 9.78 Å². The van der Waals surface area contributed by atoms with Crippen molar-refractivity contribution in [2.24, 2.45) is 0 Å². The topological polar surface area (TPSA) is 78.9 Å². The van der Waals surface area contributed by atoms with Crippen molar-refractivity contribution in [2.75, 3.05) is 33.8 Å². The molecule has 5 aromatic rings. The Morgan fingerprint density at radius 1 is 0.762 bits per heavy atom. The molecule has 0 aliphatic carbocycles. The number of nitrogens with zero attached hydrogens (tertiary/aromatic N) is 1. The molecule has 0 aliphatic rings. The Balaban J connectivity index is 1.49. The first-order valence-electron chi connectivity index (χ1n) is 13.4. The van der Waals surface area contributed by atoms with E-state index < -0.39 is 0 Å². The molecule has 214 valence electrons. The molecule has 1 heterocycles. The van der Waals surface area contributed by atoms with E-state index in [4.69, 9.17) is 23.9 Å². The Morgan fingerprint density at radius 2 is 1.40 bits per heavy atom. The minimum Gasteiger partial charge on any atom is -0.493 e. The quantitative estimate of drug-likeness (QED) is 0.163. The van der Waals surface area contributed by atoms with Crippen LogP contribution in [-0.4, -0.2) is 39.3 Å². The highest BCUT2D eigenvalue weighted by molar-refractivity contribution is 7.98. The summed E-state index contributed by atoms with van der Waals surface area (Å²) in [5.41, 5.74) is 4.04. The lowest BCUT2D eigenvalue weighted by molar-refractivity contribution is 0.102. The van der Waals surface area contributed by atoms with Gasteiger partial charge in [-0.1, -0.05) is 42.5 Å². The highest BCUT2D eigenvalue weighted by atomic mass is 32.2. The number of thioether (sulfide) groups is 1. The minimum atomic E-state index is -0.211. The molecule has 0 saturated heterocycles. The second-order valence-corrected chi connectivity index (χ2v) is 10.5. The summed E-state index contributed by atoms with van der Waals surface area (Å²) in [6.07, 6.45) is 2.19. The third-order valence-electron chi connectivity index (χ3n) is 6.94. The molecule has 0 fully saturated rings. The summed E-state index contributed by atoms with van der Waals surface area (Å²) < 4.78 is 22.2. The average Bonchev–Trinajstić information content (AvgIpc) is 3.04. The van der Waals surface area contributed by atoms with Gasteiger partial charge >= 0.3 is 0 Å². The van der Waals surface area contributed by atoms with Gasteiger partial charge in [0.2, 0.25) is 0 Å². The van der Waals surface area contributed by atoms with Crippen molar-refractivity contribution in [3.63, 3.8) is 0 Å². The summed E-state index contributed by atoms with van der Waals surface area (Å²) in [6.45, 7) is 0. The number of anilines is 1. The first-order valence-corrected chi connectivity index (χ1v) is 14.3. The van der Waals surface area contributed by atoms with E-state index in [2.05, 4.69) is 17.4 Å². The van der Waals surface area contributed by atoms with Crippen LogP contribution in [0.1, 0.15) is 27.2 Å². The third-order valence-corrected chi connectivity index (χ3v) is 8.08. The van der Waals surface area contributed by atoms with Crippen molar-refractivity contribution in [2.45, 2.75) is 17.1 Å². The maximum absolute atomic E-state index is 13.7. The number of benzene rings is 4. The van der Waals surface area contributed by atoms with Gasteiger partial charge in [0.1, 0.15) is 0 Å². The van der Waals surface area contributed by atoms with Crippen LogP contribution >= 0.6 is 11.8 Å². The number of carbonyl (C=O) groups is 1. The maximum atomic E-state index is 13.7. The van der Waals surface area contributed by atoms with Gasteiger partial charge in [-0.05, 0) is 52.9 Å². The fourth-order valence-electron chi connectivity index (χ4n) is 4.77. The molecule has 5 rings (SSSR count). The lowest BCUT2D eigenvalue weighted by atomic mass is 10.0. The number of ether oxygens (including phenoxy) is 4. The number of hydrogen-bond donors (Lipinski definition) is 1. The molecule has 1 amide bonds. The van der Waals surface area contributed by atoms with Crippen LogP contribution in [0.3, 0.4) is 0 Å². The van der Waals surface area contributed by atoms with Crippen LogP contribution in [0.2, 0.25) is 0 Å². The highest BCUT2D eigenvalue weighted by Crippen LogP contribution is 2.38. The number of fused-ring (bicyclic) bond motifs is 1. The number of carbonyl (C=O) groups excluding carboxylic acids is 1. The second kappa shape index (κ2) is 13.3. The van der Waals surface area contributed by atoms with Crippen molar-refractivity contribution in [3.8, 4) is 23.0 Å². The first-order chi connectivity index (χ1) is 20.5. The van der Waals surface area contributed by atoms with E-state index in [0.29, 0.717) is 40.7 Å². The normalized spacial score (nSPS) is 10.8. The number of amides is 1. The zero-order valence-electron chi connectivity index (χ0n) is 24.0. The van der Waals surface area contributed by atoms with Gasteiger partial charge in [0.15, 0.2) is 23.0 Å². The monoisotopic (exact) mass is 580 g/mol. The fraction of sp³-hybridized carbons (Fsp3) is 0.176. The predicted molar refractivity (Wildman–Crippen MR) is 168 cm³/mol. The van der Waals surface area contributed by atoms with Gasteiger partial charge < -0.3 is 24.3 Å². The van der Waals surface area contributed by atoms with E-state index in [9.17, 15) is 4.79 Å². The second-order valence-electron chi connectivity index (χ2n) is 9.45. The number of hydrogen-bond acceptors (Lipinski definition) is 7. The molecule has 0 radical (unpaired) electrons. The molecule has 1 aromatic heterocycles. The lowest BCUT2D eigenvalue weighted by Gasteiger charge is -2.17. The SMILES string of the molecule is COc1cc(Cc2nccc3cc(OC)c(OC)cc23)c(NC(=O)c2ccccc2SCc2ccccc2)cc1OC. The van der Waals surface area contributed by atoms with Gasteiger partial charge in [-0.2, -0.15) is 0 Å². The van der Waals surface area contributed by atoms with E-state index in [-0.39, 0.29) is 5.91 Å². The molecule has 0 spiro atoms. The fourth-order valence-corrected chi connectivity index (χ4v) is 5.78. The van der Waals surface area contributed by atoms with Crippen molar-refractivity contribution >= 4 is 34.1 Å². The lowest BCUT2D eigenvalue weighted by Crippen LogP contribution is -2.15. The van der Waals surface area contributed by atoms with Crippen molar-refractivity contribution in [3.05, 3.63) is 114 Å². The predicted octanol–water partition coefficient (Wildman–Crippen LogP) is 7.40. The zero-order valence-corrected chi connectivity index (χ0v) is 24.8. The van der Waals surface area contributed by atoms with Crippen LogP contribution < -0.4 is 24.3 Å². The minimum absolute atomic E-state index is 0.211. The summed E-state index contributed by atoms with van der Waals surface area (Å²) in [4.78, 5) is 19.3. The molecule has 1 N–H and O–H groups in total. The molecule has 0 bridgehead atoms. The largest absolute Gasteiger partial charge is 0.493 e. The van der Waals surface area contributed by atoms with Crippen molar-refractivity contribution in [1.29, 1.82) is 0 Å². The van der Waals surface area contributed by atoms with Crippen LogP contribution in [0.25, 0.3) is 10.8 Å². The van der Waals surface area contributed by atoms with Crippen LogP contribution in [0, 0.1) is 0 Å². The number of nitrogens with one attached hydrogen (secondary N) is 1. The van der Waals surface area contributed by atoms with Gasteiger partial charge in [0.05, 0.1) is 39.7 Å². The van der Waals surface area contributed by atoms with E-state index >= 15 is 0 Å². The Bertz CT molecular complexity index is 1710. The molecule has 0 unspecified atom stereocenters. The Labute approximate surface area is 249 Å². The maximum Gasteiger partial charge on any atom is 0.256 e. The van der Waals surface area contributed by atoms with E-state index in [1.54, 1.807) is 52.5 Å². The smallest absolute Gasteiger partial charge is 0.256 e. The molecule has 0 aliphatic heterocycles. The number of pyridine rings is 1. The van der Waals surface area contributed by atoms with Gasteiger partial charge in [0.25, 0.3) is 5.91 Å².